The molecule has 48 heavy (non-hydrogen) atoms. The molecule has 2 fully saturated rings. The van der Waals surface area contributed by atoms with Crippen molar-refractivity contribution in [2.24, 2.45) is 11.8 Å². The summed E-state index contributed by atoms with van der Waals surface area (Å²) in [4.78, 5) is 37.9. The Balaban J connectivity index is 1.47. The predicted octanol–water partition coefficient (Wildman–Crippen LogP) is 7.82. The number of anilines is 1. The first-order chi connectivity index (χ1) is 22.8. The molecule has 2 aromatic heterocycles. The quantitative estimate of drug-likeness (QED) is 0.192. The lowest BCUT2D eigenvalue weighted by Gasteiger charge is -2.34. The van der Waals surface area contributed by atoms with Crippen molar-refractivity contribution in [3.05, 3.63) is 58.2 Å². The Morgan fingerprint density at radius 2 is 1.83 bits per heavy atom. The number of aromatic nitrogens is 3. The van der Waals surface area contributed by atoms with Crippen LogP contribution in [-0.2, 0) is 28.9 Å². The van der Waals surface area contributed by atoms with Crippen LogP contribution >= 0.6 is 0 Å². The average molecular weight is 676 g/mol. The molecule has 1 aliphatic heterocycles. The van der Waals surface area contributed by atoms with Crippen LogP contribution in [0, 0.1) is 25.7 Å². The fraction of sp³-hybridized carbons (Fsp3) is 0.559. The maximum Gasteiger partial charge on any atom is 0.416 e. The number of aliphatic carboxylic acids is 1. The van der Waals surface area contributed by atoms with Gasteiger partial charge >= 0.3 is 18.2 Å². The molecule has 2 atom stereocenters. The van der Waals surface area contributed by atoms with Gasteiger partial charge in [-0.2, -0.15) is 13.2 Å². The molecule has 0 radical (unpaired) electrons. The van der Waals surface area contributed by atoms with Gasteiger partial charge in [0.1, 0.15) is 24.2 Å². The second kappa shape index (κ2) is 14.5. The van der Waals surface area contributed by atoms with E-state index in [2.05, 4.69) is 10.1 Å². The van der Waals surface area contributed by atoms with E-state index in [0.717, 1.165) is 44.2 Å². The van der Waals surface area contributed by atoms with E-state index in [-0.39, 0.29) is 30.0 Å². The summed E-state index contributed by atoms with van der Waals surface area (Å²) in [6.45, 7) is 7.45. The second-order valence-corrected chi connectivity index (χ2v) is 12.9. The standard InChI is InChI=1S/C34H41F4N5O5/c1-5-10-42(17-23-8-6-22(7-9-23)13-29(44)45)32-28(40-27(16-39-32)30-19(2)41-48-21(30)4)18-43-20(3)31(47-33(43)46)25-11-24(15-35)12-26(14-25)34(36,37)38/h11-12,14,16,20,22-23,31H,5-10,13,15,17-18H2,1-4H3,(H,44,45)/t20-,22?,23?,31?/m0/s1. The van der Waals surface area contributed by atoms with Crippen LogP contribution in [0.15, 0.2) is 28.9 Å². The van der Waals surface area contributed by atoms with Crippen LogP contribution in [0.3, 0.4) is 0 Å². The molecule has 1 saturated heterocycles. The summed E-state index contributed by atoms with van der Waals surface area (Å²) in [5, 5.41) is 13.3. The minimum atomic E-state index is -4.70. The Morgan fingerprint density at radius 3 is 2.44 bits per heavy atom. The third-order valence-electron chi connectivity index (χ3n) is 9.35. The van der Waals surface area contributed by atoms with Crippen LogP contribution in [0.1, 0.15) is 92.3 Å². The fourth-order valence-electron chi connectivity index (χ4n) is 6.94. The molecule has 3 aromatic rings. The van der Waals surface area contributed by atoms with Crippen LogP contribution in [0.2, 0.25) is 0 Å². The van der Waals surface area contributed by atoms with Crippen molar-refractivity contribution in [3.8, 4) is 11.3 Å². The molecule has 1 amide bonds. The van der Waals surface area contributed by atoms with Crippen LogP contribution in [-0.4, -0.2) is 56.3 Å². The van der Waals surface area contributed by atoms with Crippen molar-refractivity contribution >= 4 is 17.9 Å². The molecule has 0 bridgehead atoms. The number of carboxylic acid groups (broad SMARTS) is 1. The number of benzene rings is 1. The summed E-state index contributed by atoms with van der Waals surface area (Å²) >= 11 is 0. The second-order valence-electron chi connectivity index (χ2n) is 12.9. The van der Waals surface area contributed by atoms with Crippen molar-refractivity contribution in [1.29, 1.82) is 0 Å². The van der Waals surface area contributed by atoms with Crippen molar-refractivity contribution in [2.45, 2.75) is 97.8 Å². The van der Waals surface area contributed by atoms with Gasteiger partial charge in [-0.3, -0.25) is 9.69 Å². The molecular formula is C34H41F4N5O5. The SMILES string of the molecule is CCCN(CC1CCC(CC(=O)O)CC1)c1ncc(-c2c(C)noc2C)nc1CN1C(=O)OC(c2cc(CF)cc(C(F)(F)F)c2)[C@@H]1C. The summed E-state index contributed by atoms with van der Waals surface area (Å²) in [6.07, 6.45) is -0.457. The summed E-state index contributed by atoms with van der Waals surface area (Å²) in [5.74, 6) is 0.811. The number of hydrogen-bond acceptors (Lipinski definition) is 8. The Hall–Kier alpha value is -4.23. The number of halogens is 4. The van der Waals surface area contributed by atoms with Crippen molar-refractivity contribution in [3.63, 3.8) is 0 Å². The molecule has 1 saturated carbocycles. The van der Waals surface area contributed by atoms with Gasteiger partial charge < -0.3 is 19.3 Å². The van der Waals surface area contributed by atoms with Gasteiger partial charge in [-0.25, -0.2) is 19.2 Å². The highest BCUT2D eigenvalue weighted by molar-refractivity contribution is 5.72. The molecule has 14 heteroatoms. The van der Waals surface area contributed by atoms with E-state index < -0.39 is 42.6 Å². The highest BCUT2D eigenvalue weighted by Crippen LogP contribution is 2.39. The van der Waals surface area contributed by atoms with Crippen molar-refractivity contribution in [2.75, 3.05) is 18.0 Å². The zero-order valence-electron chi connectivity index (χ0n) is 27.5. The number of hydrogen-bond donors (Lipinski definition) is 1. The lowest BCUT2D eigenvalue weighted by molar-refractivity contribution is -0.139. The van der Waals surface area contributed by atoms with Crippen LogP contribution in [0.25, 0.3) is 11.3 Å². The monoisotopic (exact) mass is 675 g/mol. The fourth-order valence-corrected chi connectivity index (χ4v) is 6.94. The van der Waals surface area contributed by atoms with Crippen LogP contribution < -0.4 is 4.90 Å². The smallest absolute Gasteiger partial charge is 0.416 e. The Kier molecular flexibility index (Phi) is 10.6. The average Bonchev–Trinajstić information content (AvgIpc) is 3.52. The van der Waals surface area contributed by atoms with E-state index in [1.165, 1.54) is 11.0 Å². The Labute approximate surface area is 276 Å². The number of carboxylic acids is 1. The third-order valence-corrected chi connectivity index (χ3v) is 9.35. The molecule has 2 aliphatic rings. The molecule has 260 valence electrons. The summed E-state index contributed by atoms with van der Waals surface area (Å²) < 4.78 is 65.5. The topological polar surface area (TPSA) is 122 Å². The molecule has 5 rings (SSSR count). The zero-order valence-corrected chi connectivity index (χ0v) is 27.5. The normalized spacial score (nSPS) is 21.4. The zero-order chi connectivity index (χ0) is 34.7. The third kappa shape index (κ3) is 7.73. The molecule has 1 aliphatic carbocycles. The summed E-state index contributed by atoms with van der Waals surface area (Å²) in [7, 11) is 0. The van der Waals surface area contributed by atoms with Gasteiger partial charge in [-0.05, 0) is 94.0 Å². The van der Waals surface area contributed by atoms with Crippen LogP contribution in [0.4, 0.5) is 28.2 Å². The molecule has 1 aromatic carbocycles. The number of carbonyl (C=O) groups is 2. The maximum absolute atomic E-state index is 13.6. The largest absolute Gasteiger partial charge is 0.481 e. The van der Waals surface area contributed by atoms with Crippen molar-refractivity contribution in [1.82, 2.24) is 20.0 Å². The lowest BCUT2D eigenvalue weighted by Crippen LogP contribution is -2.36. The molecule has 3 heterocycles. The number of rotatable bonds is 12. The lowest BCUT2D eigenvalue weighted by atomic mass is 9.80. The number of amides is 1. The number of aryl methyl sites for hydroxylation is 2. The highest BCUT2D eigenvalue weighted by Gasteiger charge is 2.42. The van der Waals surface area contributed by atoms with E-state index in [0.29, 0.717) is 53.2 Å². The minimum Gasteiger partial charge on any atom is -0.481 e. The first-order valence-corrected chi connectivity index (χ1v) is 16.3. The first kappa shape index (κ1) is 35.1. The minimum absolute atomic E-state index is 0.0451. The van der Waals surface area contributed by atoms with Gasteiger partial charge in [0.2, 0.25) is 0 Å². The molecule has 1 unspecified atom stereocenters. The van der Waals surface area contributed by atoms with Gasteiger partial charge in [0.05, 0.1) is 41.3 Å². The van der Waals surface area contributed by atoms with E-state index in [4.69, 9.17) is 19.2 Å². The number of alkyl halides is 4. The van der Waals surface area contributed by atoms with E-state index in [9.17, 15) is 32.3 Å². The van der Waals surface area contributed by atoms with Gasteiger partial charge in [0.25, 0.3) is 0 Å². The number of ether oxygens (including phenoxy) is 1. The van der Waals surface area contributed by atoms with Crippen LogP contribution in [0.5, 0.6) is 0 Å². The first-order valence-electron chi connectivity index (χ1n) is 16.3. The number of nitrogens with zero attached hydrogens (tertiary/aromatic N) is 5. The van der Waals surface area contributed by atoms with Gasteiger partial charge in [-0.1, -0.05) is 12.1 Å². The van der Waals surface area contributed by atoms with Gasteiger partial charge in [0.15, 0.2) is 5.82 Å². The van der Waals surface area contributed by atoms with Gasteiger partial charge in [0, 0.05) is 19.5 Å². The molecule has 10 nitrogen and oxygen atoms in total. The summed E-state index contributed by atoms with van der Waals surface area (Å²) in [6, 6.07) is 2.24. The highest BCUT2D eigenvalue weighted by atomic mass is 19.4. The van der Waals surface area contributed by atoms with Gasteiger partial charge in [-0.15, -0.1) is 0 Å². The number of cyclic esters (lactones) is 1. The Morgan fingerprint density at radius 1 is 1.12 bits per heavy atom. The Bertz CT molecular complexity index is 1600. The molecular weight excluding hydrogens is 634 g/mol. The maximum atomic E-state index is 13.6. The summed E-state index contributed by atoms with van der Waals surface area (Å²) in [5.41, 5.74) is 1.15. The molecule has 0 spiro atoms. The predicted molar refractivity (Wildman–Crippen MR) is 168 cm³/mol. The molecule has 1 N–H and O–H groups in total. The van der Waals surface area contributed by atoms with E-state index in [1.807, 2.05) is 6.92 Å². The number of carbonyl (C=O) groups excluding carboxylic acids is 1. The van der Waals surface area contributed by atoms with E-state index in [1.54, 1.807) is 27.0 Å². The van der Waals surface area contributed by atoms with E-state index >= 15 is 0 Å². The van der Waals surface area contributed by atoms with Crippen molar-refractivity contribution < 1.29 is 41.5 Å².